The third-order valence-corrected chi connectivity index (χ3v) is 1.88. The van der Waals surface area contributed by atoms with Gasteiger partial charge in [-0.15, -0.1) is 0 Å². The second kappa shape index (κ2) is 29.8. The maximum Gasteiger partial charge on any atom is -0.000111 e. The van der Waals surface area contributed by atoms with Crippen LogP contribution in [-0.4, -0.2) is 7.05 Å². The summed E-state index contributed by atoms with van der Waals surface area (Å²) in [7, 11) is 1.69. The summed E-state index contributed by atoms with van der Waals surface area (Å²) in [6, 6.07) is 0. The summed E-state index contributed by atoms with van der Waals surface area (Å²) >= 11 is 0. The molecular weight excluding hydrogens is 446 g/mol. The Labute approximate surface area is 180 Å². The van der Waals surface area contributed by atoms with Crippen LogP contribution in [0.1, 0.15) is 0 Å². The van der Waals surface area contributed by atoms with Crippen LogP contribution in [0.4, 0.5) is 0 Å². The molecular formula is CH35N31. The van der Waals surface area contributed by atoms with Crippen LogP contribution in [0.5, 0.6) is 0 Å². The van der Waals surface area contributed by atoms with E-state index in [0.717, 1.165) is 0 Å². The average molecular weight is 482 g/mol. The van der Waals surface area contributed by atoms with Crippen molar-refractivity contribution < 1.29 is 0 Å². The summed E-state index contributed by atoms with van der Waals surface area (Å²) in [4.78, 5) is 0. The van der Waals surface area contributed by atoms with E-state index in [1.54, 1.807) is 7.05 Å². The van der Waals surface area contributed by atoms with E-state index in [1.165, 1.54) is 0 Å². The van der Waals surface area contributed by atoms with Crippen LogP contribution in [0.15, 0.2) is 0 Å². The topological polar surface area (TPSA) is 387 Å². The molecule has 31 nitrogen and oxygen atoms in total. The van der Waals surface area contributed by atoms with Gasteiger partial charge in [0.15, 0.2) is 0 Å². The van der Waals surface area contributed by atoms with Crippen molar-refractivity contribution in [2.75, 3.05) is 7.05 Å². The van der Waals surface area contributed by atoms with E-state index in [2.05, 4.69) is 166 Å². The van der Waals surface area contributed by atoms with Gasteiger partial charge in [0.1, 0.15) is 0 Å². The van der Waals surface area contributed by atoms with E-state index < -0.39 is 0 Å². The lowest BCUT2D eigenvalue weighted by Crippen LogP contribution is -2.70. The number of hydrogen-bond donors (Lipinski definition) is 31. The molecule has 0 aliphatic rings. The van der Waals surface area contributed by atoms with E-state index in [1.807, 2.05) is 0 Å². The molecule has 0 rings (SSSR count). The summed E-state index contributed by atoms with van der Waals surface area (Å²) in [6.07, 6.45) is 0. The second-order valence-corrected chi connectivity index (χ2v) is 3.89. The van der Waals surface area contributed by atoms with Gasteiger partial charge in [-0.2, -0.15) is 161 Å². The normalized spacial score (nSPS) is 11.4. The van der Waals surface area contributed by atoms with Crippen molar-refractivity contribution in [2.24, 2.45) is 5.84 Å². The molecule has 0 heterocycles. The van der Waals surface area contributed by atoms with Crippen molar-refractivity contribution >= 4 is 0 Å². The van der Waals surface area contributed by atoms with Gasteiger partial charge in [0.05, 0.1) is 0 Å². The number of nitrogens with one attached hydrogen (secondary N) is 30. The molecule has 0 atom stereocenters. The summed E-state index contributed by atoms with van der Waals surface area (Å²) in [5.41, 5.74) is 74.4. The van der Waals surface area contributed by atoms with Crippen molar-refractivity contribution in [2.45, 2.75) is 0 Å². The third kappa shape index (κ3) is 28.8. The Morgan fingerprint density at radius 2 is 0.406 bits per heavy atom. The maximum atomic E-state index is 4.92. The summed E-state index contributed by atoms with van der Waals surface area (Å²) in [5.74, 6) is 4.92. The zero-order valence-corrected chi connectivity index (χ0v) is 16.6. The molecule has 0 bridgehead atoms. The molecule has 0 aromatic carbocycles. The Morgan fingerprint density at radius 3 is 0.562 bits per heavy atom. The minimum Gasteiger partial charge on any atom is -0.257 e. The highest BCUT2D eigenvalue weighted by molar-refractivity contribution is 4.19. The predicted molar refractivity (Wildman–Crippen MR) is 104 cm³/mol. The fraction of sp³-hybridized carbons (Fsp3) is 1.00. The Balaban J connectivity index is 2.98. The van der Waals surface area contributed by atoms with Crippen molar-refractivity contribution in [3.63, 3.8) is 0 Å². The van der Waals surface area contributed by atoms with E-state index in [-0.39, 0.29) is 0 Å². The molecule has 31 heteroatoms. The van der Waals surface area contributed by atoms with Gasteiger partial charge in [0.25, 0.3) is 0 Å². The van der Waals surface area contributed by atoms with Crippen LogP contribution in [-0.2, 0) is 0 Å². The summed E-state index contributed by atoms with van der Waals surface area (Å²) < 4.78 is 0. The van der Waals surface area contributed by atoms with Gasteiger partial charge < -0.3 is 0 Å². The molecule has 0 amide bonds. The number of hydrogen-bond acceptors (Lipinski definition) is 31. The molecule has 0 aliphatic heterocycles. The fourth-order valence-corrected chi connectivity index (χ4v) is 0.911. The van der Waals surface area contributed by atoms with Gasteiger partial charge in [-0.3, -0.25) is 5.84 Å². The largest absolute Gasteiger partial charge is 0.257 e. The van der Waals surface area contributed by atoms with E-state index in [0.29, 0.717) is 0 Å². The average Bonchev–Trinajstić information content (AvgIpc) is 2.81. The zero-order chi connectivity index (χ0) is 23.2. The smallest absolute Gasteiger partial charge is 0.000111 e. The van der Waals surface area contributed by atoms with E-state index in [9.17, 15) is 0 Å². The molecule has 0 saturated carbocycles. The molecule has 0 radical (unpaired) electrons. The molecule has 0 unspecified atom stereocenters. The first-order valence-electron chi connectivity index (χ1n) is 8.04. The van der Waals surface area contributed by atoms with Crippen LogP contribution in [0.25, 0.3) is 0 Å². The van der Waals surface area contributed by atoms with Crippen LogP contribution >= 0.6 is 0 Å². The lowest BCUT2D eigenvalue weighted by Gasteiger charge is -2.15. The van der Waals surface area contributed by atoms with Gasteiger partial charge in [-0.1, -0.05) is 0 Å². The predicted octanol–water partition coefficient (Wildman–Crippen LogP) is -15.3. The first-order chi connectivity index (χ1) is 15.9. The monoisotopic (exact) mass is 481 g/mol. The molecule has 32 heavy (non-hydrogen) atoms. The quantitative estimate of drug-likeness (QED) is 0.0267. The van der Waals surface area contributed by atoms with Crippen LogP contribution in [0.3, 0.4) is 0 Å². The second-order valence-electron chi connectivity index (χ2n) is 3.89. The van der Waals surface area contributed by atoms with Crippen LogP contribution < -0.4 is 172 Å². The SMILES string of the molecule is CNNNNNNNNNNNNNNNNNNNNNNNNNNNNNNN. The van der Waals surface area contributed by atoms with E-state index in [4.69, 9.17) is 5.84 Å². The molecule has 0 aliphatic carbocycles. The van der Waals surface area contributed by atoms with Crippen LogP contribution in [0.2, 0.25) is 0 Å². The minimum atomic E-state index is 1.69. The Bertz CT molecular complexity index is 271. The van der Waals surface area contributed by atoms with Crippen molar-refractivity contribution in [3.8, 4) is 0 Å². The maximum absolute atomic E-state index is 4.92. The molecule has 0 saturated heterocycles. The van der Waals surface area contributed by atoms with Crippen molar-refractivity contribution in [3.05, 3.63) is 0 Å². The molecule has 194 valence electrons. The first kappa shape index (κ1) is 30.8. The fourth-order valence-electron chi connectivity index (χ4n) is 0.911. The van der Waals surface area contributed by atoms with Crippen molar-refractivity contribution in [1.82, 2.24) is 166 Å². The Hall–Kier alpha value is -1.24. The van der Waals surface area contributed by atoms with Gasteiger partial charge in [0.2, 0.25) is 0 Å². The highest BCUT2D eigenvalue weighted by Gasteiger charge is 1.85. The molecule has 0 fully saturated rings. The highest BCUT2D eigenvalue weighted by Crippen LogP contribution is 1.31. The summed E-state index contributed by atoms with van der Waals surface area (Å²) in [5, 5.41) is 0. The Morgan fingerprint density at radius 1 is 0.250 bits per heavy atom. The van der Waals surface area contributed by atoms with Gasteiger partial charge in [-0.25, -0.2) is 5.43 Å². The van der Waals surface area contributed by atoms with Gasteiger partial charge >= 0.3 is 0 Å². The standard InChI is InChI=1S/CH35N31/c1-3-5-7-9-11-13-15-17-19-21-23-25-27-29-31-32-30-28-26-24-22-20-18-16-14-12-10-8-6-4-2/h3-32H,2H2,1H3. The number of rotatable bonds is 29. The molecule has 0 aromatic heterocycles. The van der Waals surface area contributed by atoms with Crippen LogP contribution in [0, 0.1) is 0 Å². The van der Waals surface area contributed by atoms with Gasteiger partial charge in [0, 0.05) is 0 Å². The van der Waals surface area contributed by atoms with Crippen molar-refractivity contribution in [1.29, 1.82) is 0 Å². The summed E-state index contributed by atoms with van der Waals surface area (Å²) in [6.45, 7) is 0. The highest BCUT2D eigenvalue weighted by atomic mass is 16.0. The van der Waals surface area contributed by atoms with Gasteiger partial charge in [-0.05, 0) is 7.05 Å². The first-order valence-corrected chi connectivity index (χ1v) is 8.04. The number of hydrazine groups is 30. The molecule has 0 aromatic rings. The number of nitrogens with two attached hydrogens (primary N) is 1. The lowest BCUT2D eigenvalue weighted by molar-refractivity contribution is 0.183. The van der Waals surface area contributed by atoms with E-state index >= 15 is 0 Å². The minimum absolute atomic E-state index is 1.69. The third-order valence-electron chi connectivity index (χ3n) is 1.88. The zero-order valence-electron chi connectivity index (χ0n) is 16.6. The lowest BCUT2D eigenvalue weighted by atomic mass is 11.5. The Kier molecular flexibility index (Phi) is 28.6. The molecule has 0 spiro atoms. The molecule has 32 N–H and O–H groups in total.